The van der Waals surface area contributed by atoms with Gasteiger partial charge in [-0.15, -0.1) is 0 Å². The Kier molecular flexibility index (Phi) is 2.69. The number of aryl methyl sites for hydroxylation is 2. The molecule has 2 heteroatoms. The Balaban J connectivity index is 2.38. The Bertz CT molecular complexity index is 489. The molecule has 0 radical (unpaired) electrons. The normalized spacial score (nSPS) is 20.8. The maximum Gasteiger partial charge on any atom is 0.167 e. The Labute approximate surface area is 108 Å². The lowest BCUT2D eigenvalue weighted by molar-refractivity contribution is 0.0945. The van der Waals surface area contributed by atoms with Gasteiger partial charge in [0, 0.05) is 11.5 Å². The first-order valence-corrected chi connectivity index (χ1v) is 6.41. The van der Waals surface area contributed by atoms with Gasteiger partial charge in [0.1, 0.15) is 5.82 Å². The van der Waals surface area contributed by atoms with Gasteiger partial charge < -0.3 is 0 Å². The molecule has 1 fully saturated rings. The van der Waals surface area contributed by atoms with E-state index in [0.29, 0.717) is 16.7 Å². The number of rotatable bonds is 2. The molecule has 0 saturated heterocycles. The third-order valence-electron chi connectivity index (χ3n) is 5.00. The number of ketones is 1. The lowest BCUT2D eigenvalue weighted by atomic mass is 9.97. The second kappa shape index (κ2) is 3.66. The predicted octanol–water partition coefficient (Wildman–Crippen LogP) is 4.31. The van der Waals surface area contributed by atoms with Crippen LogP contribution in [-0.4, -0.2) is 5.78 Å². The van der Waals surface area contributed by atoms with E-state index in [9.17, 15) is 9.18 Å². The maximum atomic E-state index is 13.6. The molecule has 0 atom stereocenters. The average Bonchev–Trinajstić information content (AvgIpc) is 2.64. The van der Waals surface area contributed by atoms with E-state index in [0.717, 1.165) is 0 Å². The number of benzene rings is 1. The third kappa shape index (κ3) is 1.62. The fourth-order valence-corrected chi connectivity index (χ4v) is 3.11. The van der Waals surface area contributed by atoms with Crippen molar-refractivity contribution in [1.29, 1.82) is 0 Å². The second-order valence-corrected chi connectivity index (χ2v) is 6.66. The summed E-state index contributed by atoms with van der Waals surface area (Å²) in [6.07, 6.45) is 0. The molecule has 2 rings (SSSR count). The number of hydrogen-bond acceptors (Lipinski definition) is 1. The zero-order valence-electron chi connectivity index (χ0n) is 12.0. The molecule has 18 heavy (non-hydrogen) atoms. The van der Waals surface area contributed by atoms with E-state index in [-0.39, 0.29) is 28.3 Å². The molecule has 0 N–H and O–H groups in total. The van der Waals surface area contributed by atoms with Gasteiger partial charge in [0.25, 0.3) is 0 Å². The van der Waals surface area contributed by atoms with Crippen molar-refractivity contribution in [2.24, 2.45) is 16.7 Å². The summed E-state index contributed by atoms with van der Waals surface area (Å²) in [5, 5.41) is 0. The van der Waals surface area contributed by atoms with Crippen LogP contribution in [0, 0.1) is 36.4 Å². The van der Waals surface area contributed by atoms with Crippen molar-refractivity contribution in [3.05, 3.63) is 34.6 Å². The van der Waals surface area contributed by atoms with Crippen LogP contribution in [0.4, 0.5) is 4.39 Å². The first-order valence-electron chi connectivity index (χ1n) is 6.41. The lowest BCUT2D eigenvalue weighted by Crippen LogP contribution is -2.09. The maximum absolute atomic E-state index is 13.6. The monoisotopic (exact) mass is 248 g/mol. The predicted molar refractivity (Wildman–Crippen MR) is 71.3 cm³/mol. The van der Waals surface area contributed by atoms with E-state index in [4.69, 9.17) is 0 Å². The topological polar surface area (TPSA) is 17.1 Å². The molecule has 0 unspecified atom stereocenters. The SMILES string of the molecule is Cc1cc(C(=O)C2C(C)(C)C2(C)C)cc(C)c1F. The molecule has 1 nitrogen and oxygen atoms in total. The largest absolute Gasteiger partial charge is 0.294 e. The molecule has 0 heterocycles. The van der Waals surface area contributed by atoms with Crippen molar-refractivity contribution < 1.29 is 9.18 Å². The lowest BCUT2D eigenvalue weighted by Gasteiger charge is -2.07. The molecular formula is C16H21FO. The Morgan fingerprint density at radius 3 is 1.78 bits per heavy atom. The fourth-order valence-electron chi connectivity index (χ4n) is 3.11. The van der Waals surface area contributed by atoms with Gasteiger partial charge in [-0.2, -0.15) is 0 Å². The average molecular weight is 248 g/mol. The van der Waals surface area contributed by atoms with Gasteiger partial charge in [-0.25, -0.2) is 4.39 Å². The molecule has 1 saturated carbocycles. The fraction of sp³-hybridized carbons (Fsp3) is 0.562. The first kappa shape index (κ1) is 13.3. The van der Waals surface area contributed by atoms with Crippen molar-refractivity contribution in [3.8, 4) is 0 Å². The van der Waals surface area contributed by atoms with Crippen LogP contribution in [0.25, 0.3) is 0 Å². The van der Waals surface area contributed by atoms with Gasteiger partial charge in [-0.05, 0) is 47.9 Å². The molecule has 1 aromatic rings. The summed E-state index contributed by atoms with van der Waals surface area (Å²) in [6, 6.07) is 3.35. The minimum atomic E-state index is -0.208. The summed E-state index contributed by atoms with van der Waals surface area (Å²) in [7, 11) is 0. The van der Waals surface area contributed by atoms with E-state index in [1.54, 1.807) is 26.0 Å². The van der Waals surface area contributed by atoms with Crippen LogP contribution in [0.3, 0.4) is 0 Å². The van der Waals surface area contributed by atoms with Crippen LogP contribution in [0.1, 0.15) is 49.2 Å². The number of carbonyl (C=O) groups is 1. The van der Waals surface area contributed by atoms with Crippen LogP contribution >= 0.6 is 0 Å². The molecule has 1 aliphatic rings. The van der Waals surface area contributed by atoms with E-state index >= 15 is 0 Å². The van der Waals surface area contributed by atoms with Gasteiger partial charge in [-0.1, -0.05) is 27.7 Å². The number of Topliss-reactive ketones (excluding diaryl/α,β-unsaturated/α-hetero) is 1. The number of carbonyl (C=O) groups excluding carboxylic acids is 1. The van der Waals surface area contributed by atoms with Crippen molar-refractivity contribution in [2.45, 2.75) is 41.5 Å². The highest BCUT2D eigenvalue weighted by molar-refractivity contribution is 6.01. The molecule has 98 valence electrons. The molecule has 0 bridgehead atoms. The number of hydrogen-bond donors (Lipinski definition) is 0. The van der Waals surface area contributed by atoms with Gasteiger partial charge in [0.2, 0.25) is 0 Å². The zero-order chi connectivity index (χ0) is 13.9. The zero-order valence-corrected chi connectivity index (χ0v) is 12.0. The molecule has 0 aromatic heterocycles. The van der Waals surface area contributed by atoms with Crippen molar-refractivity contribution in [1.82, 2.24) is 0 Å². The molecule has 0 amide bonds. The molecule has 1 aromatic carbocycles. The van der Waals surface area contributed by atoms with Crippen LogP contribution in [0.15, 0.2) is 12.1 Å². The highest BCUT2D eigenvalue weighted by Crippen LogP contribution is 2.69. The second-order valence-electron chi connectivity index (χ2n) is 6.66. The minimum Gasteiger partial charge on any atom is -0.294 e. The molecular weight excluding hydrogens is 227 g/mol. The quantitative estimate of drug-likeness (QED) is 0.713. The van der Waals surface area contributed by atoms with Crippen molar-refractivity contribution in [2.75, 3.05) is 0 Å². The molecule has 0 spiro atoms. The standard InChI is InChI=1S/C16H21FO/c1-9-7-11(8-10(2)12(9)17)13(18)14-15(3,4)16(14,5)6/h7-8,14H,1-6H3. The Morgan fingerprint density at radius 1 is 1.06 bits per heavy atom. The summed E-state index contributed by atoms with van der Waals surface area (Å²) < 4.78 is 13.6. The van der Waals surface area contributed by atoms with Gasteiger partial charge in [0.05, 0.1) is 0 Å². The van der Waals surface area contributed by atoms with E-state index < -0.39 is 0 Å². The highest BCUT2D eigenvalue weighted by Gasteiger charge is 2.67. The smallest absolute Gasteiger partial charge is 0.167 e. The van der Waals surface area contributed by atoms with Crippen molar-refractivity contribution in [3.63, 3.8) is 0 Å². The van der Waals surface area contributed by atoms with E-state index in [2.05, 4.69) is 27.7 Å². The Morgan fingerprint density at radius 2 is 1.44 bits per heavy atom. The van der Waals surface area contributed by atoms with E-state index in [1.165, 1.54) is 0 Å². The van der Waals surface area contributed by atoms with Crippen LogP contribution < -0.4 is 0 Å². The highest BCUT2D eigenvalue weighted by atomic mass is 19.1. The summed E-state index contributed by atoms with van der Waals surface area (Å²) in [5.41, 5.74) is 1.81. The molecule has 1 aliphatic carbocycles. The van der Waals surface area contributed by atoms with Crippen LogP contribution in [0.5, 0.6) is 0 Å². The summed E-state index contributed by atoms with van der Waals surface area (Å²) >= 11 is 0. The summed E-state index contributed by atoms with van der Waals surface area (Å²) in [5.74, 6) is -0.0219. The van der Waals surface area contributed by atoms with Gasteiger partial charge in [-0.3, -0.25) is 4.79 Å². The number of halogens is 1. The van der Waals surface area contributed by atoms with Crippen LogP contribution in [0.2, 0.25) is 0 Å². The minimum absolute atomic E-state index is 0.0281. The first-order chi connectivity index (χ1) is 8.10. The van der Waals surface area contributed by atoms with Crippen LogP contribution in [-0.2, 0) is 0 Å². The van der Waals surface area contributed by atoms with Gasteiger partial charge >= 0.3 is 0 Å². The molecule has 0 aliphatic heterocycles. The van der Waals surface area contributed by atoms with Gasteiger partial charge in [0.15, 0.2) is 5.78 Å². The van der Waals surface area contributed by atoms with Crippen molar-refractivity contribution >= 4 is 5.78 Å². The summed E-state index contributed by atoms with van der Waals surface area (Å²) in [6.45, 7) is 11.9. The summed E-state index contributed by atoms with van der Waals surface area (Å²) in [4.78, 5) is 12.5. The van der Waals surface area contributed by atoms with E-state index in [1.807, 2.05) is 0 Å². The Hall–Kier alpha value is -1.18. The third-order valence-corrected chi connectivity index (χ3v) is 5.00.